The molecule has 1 aromatic rings. The molecule has 0 aliphatic heterocycles. The average molecular weight is 363 g/mol. The Morgan fingerprint density at radius 3 is 2.44 bits per heavy atom. The summed E-state index contributed by atoms with van der Waals surface area (Å²) in [7, 11) is 1.42. The molecule has 0 saturated carbocycles. The molecule has 8 heteroatoms. The molecule has 0 aliphatic carbocycles. The Hall–Kier alpha value is -1.80. The minimum Gasteiger partial charge on any atom is -0.406 e. The number of ether oxygens (including phenoxy) is 2. The van der Waals surface area contributed by atoms with Gasteiger partial charge in [0.2, 0.25) is 5.91 Å². The molecular formula is C17H24F3NO4. The van der Waals surface area contributed by atoms with Gasteiger partial charge in [-0.25, -0.2) is 0 Å². The molecule has 0 saturated heterocycles. The van der Waals surface area contributed by atoms with Crippen LogP contribution in [0.4, 0.5) is 13.2 Å². The van der Waals surface area contributed by atoms with Crippen molar-refractivity contribution < 1.29 is 32.5 Å². The zero-order chi connectivity index (χ0) is 19.3. The predicted molar refractivity (Wildman–Crippen MR) is 86.0 cm³/mol. The highest BCUT2D eigenvalue weighted by atomic mass is 19.4. The zero-order valence-electron chi connectivity index (χ0n) is 14.7. The number of hydrogen-bond donors (Lipinski definition) is 2. The molecule has 1 aromatic carbocycles. The van der Waals surface area contributed by atoms with Gasteiger partial charge in [0, 0.05) is 7.11 Å². The molecule has 5 nitrogen and oxygen atoms in total. The third-order valence-electron chi connectivity index (χ3n) is 3.54. The third-order valence-corrected chi connectivity index (χ3v) is 3.54. The van der Waals surface area contributed by atoms with Crippen molar-refractivity contribution in [1.29, 1.82) is 0 Å². The Labute approximate surface area is 145 Å². The Morgan fingerprint density at radius 1 is 1.28 bits per heavy atom. The predicted octanol–water partition coefficient (Wildman–Crippen LogP) is 3.19. The standard InChI is InChI=1S/C17H24F3NO4/c1-16(2,3)14(22)9-15(23)21-13(10-24-4)11-6-5-7-12(8-11)25-17(18,19)20/h5-8,13-14,22H,9-10H2,1-4H3,(H,21,23). The highest BCUT2D eigenvalue weighted by Crippen LogP contribution is 2.26. The molecule has 0 aliphatic rings. The van der Waals surface area contributed by atoms with Crippen molar-refractivity contribution >= 4 is 5.91 Å². The van der Waals surface area contributed by atoms with Crippen LogP contribution >= 0.6 is 0 Å². The Morgan fingerprint density at radius 2 is 1.92 bits per heavy atom. The normalized spacial score (nSPS) is 14.7. The highest BCUT2D eigenvalue weighted by Gasteiger charge is 2.31. The van der Waals surface area contributed by atoms with E-state index in [1.807, 2.05) is 0 Å². The lowest BCUT2D eigenvalue weighted by Crippen LogP contribution is -2.37. The van der Waals surface area contributed by atoms with Crippen LogP contribution in [0, 0.1) is 5.41 Å². The SMILES string of the molecule is COCC(NC(=O)CC(O)C(C)(C)C)c1cccc(OC(F)(F)F)c1. The smallest absolute Gasteiger partial charge is 0.406 e. The molecule has 0 spiro atoms. The van der Waals surface area contributed by atoms with Crippen molar-refractivity contribution in [1.82, 2.24) is 5.32 Å². The van der Waals surface area contributed by atoms with Crippen LogP contribution in [0.25, 0.3) is 0 Å². The summed E-state index contributed by atoms with van der Waals surface area (Å²) in [6.45, 7) is 5.47. The Kier molecular flexibility index (Phi) is 7.25. The summed E-state index contributed by atoms with van der Waals surface area (Å²) in [5.41, 5.74) is -0.0589. The first kappa shape index (κ1) is 21.2. The van der Waals surface area contributed by atoms with E-state index in [9.17, 15) is 23.1 Å². The number of alkyl halides is 3. The first-order valence-corrected chi connectivity index (χ1v) is 7.74. The molecule has 2 N–H and O–H groups in total. The molecule has 0 bridgehead atoms. The summed E-state index contributed by atoms with van der Waals surface area (Å²) in [6.07, 6.45) is -5.77. The first-order chi connectivity index (χ1) is 11.4. The molecule has 25 heavy (non-hydrogen) atoms. The number of carbonyl (C=O) groups excluding carboxylic acids is 1. The van der Waals surface area contributed by atoms with Crippen LogP contribution in [0.5, 0.6) is 5.75 Å². The molecule has 0 aromatic heterocycles. The number of carbonyl (C=O) groups is 1. The van der Waals surface area contributed by atoms with E-state index in [0.717, 1.165) is 0 Å². The number of methoxy groups -OCH3 is 1. The van der Waals surface area contributed by atoms with Gasteiger partial charge >= 0.3 is 6.36 Å². The van der Waals surface area contributed by atoms with Crippen LogP contribution in [0.15, 0.2) is 24.3 Å². The molecular weight excluding hydrogens is 339 g/mol. The number of rotatable bonds is 7. The maximum absolute atomic E-state index is 12.3. The molecule has 142 valence electrons. The number of nitrogens with one attached hydrogen (secondary N) is 1. The molecule has 0 fully saturated rings. The summed E-state index contributed by atoms with van der Waals surface area (Å²) >= 11 is 0. The van der Waals surface area contributed by atoms with Gasteiger partial charge in [0.15, 0.2) is 0 Å². The number of benzene rings is 1. The number of aliphatic hydroxyl groups is 1. The van der Waals surface area contributed by atoms with Crippen molar-refractivity contribution in [3.8, 4) is 5.75 Å². The molecule has 2 unspecified atom stereocenters. The van der Waals surface area contributed by atoms with Crippen molar-refractivity contribution in [2.75, 3.05) is 13.7 Å². The van der Waals surface area contributed by atoms with Gasteiger partial charge in [0.25, 0.3) is 0 Å². The molecule has 1 rings (SSSR count). The van der Waals surface area contributed by atoms with E-state index in [1.54, 1.807) is 26.8 Å². The lowest BCUT2D eigenvalue weighted by molar-refractivity contribution is -0.274. The van der Waals surface area contributed by atoms with Crippen molar-refractivity contribution in [2.45, 2.75) is 45.7 Å². The Bertz CT molecular complexity index is 570. The number of aliphatic hydroxyl groups excluding tert-OH is 1. The van der Waals surface area contributed by atoms with E-state index in [2.05, 4.69) is 10.1 Å². The van der Waals surface area contributed by atoms with E-state index in [0.29, 0.717) is 5.56 Å². The second kappa shape index (κ2) is 8.53. The third kappa shape index (κ3) is 7.74. The Balaban J connectivity index is 2.86. The van der Waals surface area contributed by atoms with Crippen LogP contribution in [-0.2, 0) is 9.53 Å². The van der Waals surface area contributed by atoms with Crippen LogP contribution < -0.4 is 10.1 Å². The van der Waals surface area contributed by atoms with Crippen LogP contribution in [-0.4, -0.2) is 37.2 Å². The minimum atomic E-state index is -4.80. The van der Waals surface area contributed by atoms with E-state index < -0.39 is 29.8 Å². The van der Waals surface area contributed by atoms with Gasteiger partial charge in [-0.1, -0.05) is 32.9 Å². The summed E-state index contributed by atoms with van der Waals surface area (Å²) in [6, 6.07) is 4.66. The quantitative estimate of drug-likeness (QED) is 0.781. The summed E-state index contributed by atoms with van der Waals surface area (Å²) in [5, 5.41) is 12.7. The van der Waals surface area contributed by atoms with E-state index in [4.69, 9.17) is 4.74 Å². The van der Waals surface area contributed by atoms with Crippen molar-refractivity contribution in [3.05, 3.63) is 29.8 Å². The topological polar surface area (TPSA) is 67.8 Å². The van der Waals surface area contributed by atoms with E-state index in [1.165, 1.54) is 25.3 Å². The van der Waals surface area contributed by atoms with Gasteiger partial charge in [-0.15, -0.1) is 13.2 Å². The fraction of sp³-hybridized carbons (Fsp3) is 0.588. The lowest BCUT2D eigenvalue weighted by atomic mass is 9.87. The van der Waals surface area contributed by atoms with Crippen molar-refractivity contribution in [3.63, 3.8) is 0 Å². The van der Waals surface area contributed by atoms with Crippen LogP contribution in [0.2, 0.25) is 0 Å². The fourth-order valence-corrected chi connectivity index (χ4v) is 2.05. The van der Waals surface area contributed by atoms with E-state index >= 15 is 0 Å². The second-order valence-electron chi connectivity index (χ2n) is 6.78. The first-order valence-electron chi connectivity index (χ1n) is 7.74. The monoisotopic (exact) mass is 363 g/mol. The van der Waals surface area contributed by atoms with Gasteiger partial charge in [-0.2, -0.15) is 0 Å². The second-order valence-corrected chi connectivity index (χ2v) is 6.78. The van der Waals surface area contributed by atoms with E-state index in [-0.39, 0.29) is 18.8 Å². The maximum atomic E-state index is 12.3. The molecule has 2 atom stereocenters. The van der Waals surface area contributed by atoms with Gasteiger partial charge in [0.1, 0.15) is 5.75 Å². The average Bonchev–Trinajstić information content (AvgIpc) is 2.44. The van der Waals surface area contributed by atoms with Crippen molar-refractivity contribution in [2.24, 2.45) is 5.41 Å². The largest absolute Gasteiger partial charge is 0.573 e. The lowest BCUT2D eigenvalue weighted by Gasteiger charge is -2.26. The number of hydrogen-bond acceptors (Lipinski definition) is 4. The summed E-state index contributed by atoms with van der Waals surface area (Å²) in [4.78, 5) is 12.1. The van der Waals surface area contributed by atoms with Gasteiger partial charge in [-0.05, 0) is 23.1 Å². The van der Waals surface area contributed by atoms with Gasteiger partial charge < -0.3 is 19.9 Å². The number of amides is 1. The fourth-order valence-electron chi connectivity index (χ4n) is 2.05. The van der Waals surface area contributed by atoms with Crippen LogP contribution in [0.3, 0.4) is 0 Å². The van der Waals surface area contributed by atoms with Gasteiger partial charge in [0.05, 0.1) is 25.2 Å². The minimum absolute atomic E-state index is 0.0623. The summed E-state index contributed by atoms with van der Waals surface area (Å²) in [5.74, 6) is -0.804. The maximum Gasteiger partial charge on any atom is 0.573 e. The molecule has 0 heterocycles. The molecule has 0 radical (unpaired) electrons. The zero-order valence-corrected chi connectivity index (χ0v) is 14.7. The van der Waals surface area contributed by atoms with Gasteiger partial charge in [-0.3, -0.25) is 4.79 Å². The molecule has 1 amide bonds. The summed E-state index contributed by atoms with van der Waals surface area (Å²) < 4.78 is 46.0. The van der Waals surface area contributed by atoms with Crippen LogP contribution in [0.1, 0.15) is 38.8 Å². The highest BCUT2D eigenvalue weighted by molar-refractivity contribution is 5.77. The number of halogens is 3.